The highest BCUT2D eigenvalue weighted by molar-refractivity contribution is 5.59. The quantitative estimate of drug-likeness (QED) is 0.600. The van der Waals surface area contributed by atoms with Gasteiger partial charge >= 0.3 is 0 Å². The van der Waals surface area contributed by atoms with E-state index in [2.05, 4.69) is 9.88 Å². The van der Waals surface area contributed by atoms with Gasteiger partial charge in [-0.25, -0.2) is 4.98 Å². The second-order valence-corrected chi connectivity index (χ2v) is 7.29. The molecule has 0 fully saturated rings. The number of anilines is 1. The Morgan fingerprint density at radius 3 is 2.63 bits per heavy atom. The normalized spacial score (nSPS) is 13.1. The summed E-state index contributed by atoms with van der Waals surface area (Å²) in [4.78, 5) is 23.8. The van der Waals surface area contributed by atoms with Gasteiger partial charge in [-0.3, -0.25) is 14.3 Å². The van der Waals surface area contributed by atoms with Crippen LogP contribution >= 0.6 is 0 Å². The minimum atomic E-state index is -0.00835. The summed E-state index contributed by atoms with van der Waals surface area (Å²) in [6.45, 7) is 2.41. The molecule has 0 radical (unpaired) electrons. The Bertz CT molecular complexity index is 1070. The van der Waals surface area contributed by atoms with E-state index < -0.39 is 0 Å². The molecule has 0 bridgehead atoms. The molecule has 1 aromatic carbocycles. The van der Waals surface area contributed by atoms with Gasteiger partial charge in [0.25, 0.3) is 5.56 Å². The maximum absolute atomic E-state index is 12.7. The zero-order valence-electron chi connectivity index (χ0n) is 17.4. The molecular formula is C23H26N4O3. The number of nitrogens with zero attached hydrogens (tertiary/aromatic N) is 4. The lowest BCUT2D eigenvalue weighted by molar-refractivity contribution is 0.398. The summed E-state index contributed by atoms with van der Waals surface area (Å²) >= 11 is 0. The number of ether oxygens (including phenoxy) is 2. The lowest BCUT2D eigenvalue weighted by Crippen LogP contribution is -2.39. The van der Waals surface area contributed by atoms with Gasteiger partial charge in [0.05, 0.1) is 19.9 Å². The van der Waals surface area contributed by atoms with E-state index in [0.717, 1.165) is 60.9 Å². The molecule has 3 heterocycles. The van der Waals surface area contributed by atoms with Crippen molar-refractivity contribution in [2.75, 3.05) is 32.2 Å². The first-order valence-corrected chi connectivity index (χ1v) is 10.2. The molecule has 7 heteroatoms. The van der Waals surface area contributed by atoms with Crippen LogP contribution in [0.4, 0.5) is 5.95 Å². The van der Waals surface area contributed by atoms with Crippen LogP contribution in [0, 0.1) is 0 Å². The Morgan fingerprint density at radius 1 is 1.03 bits per heavy atom. The van der Waals surface area contributed by atoms with Gasteiger partial charge in [-0.2, -0.15) is 0 Å². The lowest BCUT2D eigenvalue weighted by Gasteiger charge is -2.31. The number of benzene rings is 1. The third-order valence-electron chi connectivity index (χ3n) is 5.42. The molecule has 3 aromatic rings. The van der Waals surface area contributed by atoms with Crippen molar-refractivity contribution in [1.82, 2.24) is 14.5 Å². The van der Waals surface area contributed by atoms with Gasteiger partial charge < -0.3 is 14.4 Å². The predicted molar refractivity (Wildman–Crippen MR) is 116 cm³/mol. The van der Waals surface area contributed by atoms with E-state index in [0.29, 0.717) is 12.2 Å². The zero-order valence-corrected chi connectivity index (χ0v) is 17.4. The van der Waals surface area contributed by atoms with Crippen LogP contribution in [0.25, 0.3) is 11.3 Å². The number of hydrogen-bond donors (Lipinski definition) is 0. The van der Waals surface area contributed by atoms with E-state index in [9.17, 15) is 4.79 Å². The molecule has 0 amide bonds. The zero-order chi connectivity index (χ0) is 20.9. The Morgan fingerprint density at radius 2 is 1.87 bits per heavy atom. The van der Waals surface area contributed by atoms with Gasteiger partial charge in [-0.15, -0.1) is 0 Å². The summed E-state index contributed by atoms with van der Waals surface area (Å²) in [6.07, 6.45) is 6.14. The van der Waals surface area contributed by atoms with E-state index in [4.69, 9.17) is 14.5 Å². The average molecular weight is 406 g/mol. The van der Waals surface area contributed by atoms with Gasteiger partial charge in [-0.1, -0.05) is 0 Å². The van der Waals surface area contributed by atoms with Crippen molar-refractivity contribution in [3.05, 3.63) is 64.7 Å². The first-order valence-electron chi connectivity index (χ1n) is 10.2. The van der Waals surface area contributed by atoms with Crippen molar-refractivity contribution in [2.45, 2.75) is 25.8 Å². The molecule has 0 N–H and O–H groups in total. The maximum Gasteiger partial charge on any atom is 0.255 e. The molecule has 2 aromatic heterocycles. The smallest absolute Gasteiger partial charge is 0.255 e. The van der Waals surface area contributed by atoms with Crippen LogP contribution in [-0.4, -0.2) is 41.8 Å². The SMILES string of the molecule is COc1ccc(OC)c(CCCN2CCCn3c2nc(-c2ccncc2)cc3=O)c1. The number of aromatic nitrogens is 3. The largest absolute Gasteiger partial charge is 0.497 e. The molecule has 0 saturated carbocycles. The van der Waals surface area contributed by atoms with Gasteiger partial charge in [0.2, 0.25) is 5.95 Å². The van der Waals surface area contributed by atoms with Crippen molar-refractivity contribution in [2.24, 2.45) is 0 Å². The van der Waals surface area contributed by atoms with Crippen LogP contribution in [0.5, 0.6) is 11.5 Å². The van der Waals surface area contributed by atoms with E-state index in [1.165, 1.54) is 0 Å². The highest BCUT2D eigenvalue weighted by Crippen LogP contribution is 2.26. The van der Waals surface area contributed by atoms with E-state index in [1.54, 1.807) is 37.2 Å². The number of fused-ring (bicyclic) bond motifs is 1. The molecule has 0 saturated heterocycles. The number of aryl methyl sites for hydroxylation is 1. The predicted octanol–water partition coefficient (Wildman–Crippen LogP) is 3.17. The third kappa shape index (κ3) is 4.15. The van der Waals surface area contributed by atoms with E-state index in [-0.39, 0.29) is 5.56 Å². The van der Waals surface area contributed by atoms with Crippen LogP contribution in [0.3, 0.4) is 0 Å². The molecule has 1 aliphatic rings. The summed E-state index contributed by atoms with van der Waals surface area (Å²) in [7, 11) is 3.35. The molecule has 156 valence electrons. The van der Waals surface area contributed by atoms with Gasteiger partial charge in [0.1, 0.15) is 11.5 Å². The van der Waals surface area contributed by atoms with Gasteiger partial charge in [0, 0.05) is 43.7 Å². The highest BCUT2D eigenvalue weighted by Gasteiger charge is 2.20. The molecule has 0 unspecified atom stereocenters. The highest BCUT2D eigenvalue weighted by atomic mass is 16.5. The fourth-order valence-corrected chi connectivity index (χ4v) is 3.89. The number of rotatable bonds is 7. The lowest BCUT2D eigenvalue weighted by atomic mass is 10.1. The average Bonchev–Trinajstić information content (AvgIpc) is 2.79. The number of hydrogen-bond acceptors (Lipinski definition) is 6. The molecule has 1 aliphatic heterocycles. The van der Waals surface area contributed by atoms with Crippen molar-refractivity contribution in [3.8, 4) is 22.8 Å². The van der Waals surface area contributed by atoms with Crippen molar-refractivity contribution < 1.29 is 9.47 Å². The van der Waals surface area contributed by atoms with Gasteiger partial charge in [-0.05, 0) is 55.2 Å². The summed E-state index contributed by atoms with van der Waals surface area (Å²) in [5, 5.41) is 0. The number of methoxy groups -OCH3 is 2. The maximum atomic E-state index is 12.7. The summed E-state index contributed by atoms with van der Waals surface area (Å²) < 4.78 is 12.6. The van der Waals surface area contributed by atoms with Crippen LogP contribution in [0.1, 0.15) is 18.4 Å². The summed E-state index contributed by atoms with van der Waals surface area (Å²) in [6, 6.07) is 11.2. The fourth-order valence-electron chi connectivity index (χ4n) is 3.89. The minimum Gasteiger partial charge on any atom is -0.497 e. The summed E-state index contributed by atoms with van der Waals surface area (Å²) in [5.41, 5.74) is 2.70. The molecular weight excluding hydrogens is 380 g/mol. The molecule has 0 aliphatic carbocycles. The molecule has 30 heavy (non-hydrogen) atoms. The summed E-state index contributed by atoms with van der Waals surface area (Å²) in [5.74, 6) is 2.44. The standard InChI is InChI=1S/C23H26N4O3/c1-29-19-6-7-21(30-2)18(15-19)5-3-12-26-13-4-14-27-22(28)16-20(25-23(26)27)17-8-10-24-11-9-17/h6-11,15-16H,3-5,12-14H2,1-2H3. The molecule has 4 rings (SSSR count). The third-order valence-corrected chi connectivity index (χ3v) is 5.42. The Hall–Kier alpha value is -3.35. The Balaban J connectivity index is 1.54. The Labute approximate surface area is 175 Å². The Kier molecular flexibility index (Phi) is 5.97. The van der Waals surface area contributed by atoms with Crippen molar-refractivity contribution in [3.63, 3.8) is 0 Å². The topological polar surface area (TPSA) is 69.5 Å². The van der Waals surface area contributed by atoms with Crippen molar-refractivity contribution in [1.29, 1.82) is 0 Å². The van der Waals surface area contributed by atoms with Crippen molar-refractivity contribution >= 4 is 5.95 Å². The second-order valence-electron chi connectivity index (χ2n) is 7.29. The minimum absolute atomic E-state index is 0.00835. The molecule has 7 nitrogen and oxygen atoms in total. The number of pyridine rings is 1. The van der Waals surface area contributed by atoms with Crippen LogP contribution < -0.4 is 19.9 Å². The van der Waals surface area contributed by atoms with Crippen LogP contribution in [-0.2, 0) is 13.0 Å². The second kappa shape index (κ2) is 8.98. The van der Waals surface area contributed by atoms with E-state index in [1.807, 2.05) is 30.3 Å². The van der Waals surface area contributed by atoms with E-state index >= 15 is 0 Å². The molecule has 0 spiro atoms. The monoisotopic (exact) mass is 406 g/mol. The van der Waals surface area contributed by atoms with Crippen LogP contribution in [0.2, 0.25) is 0 Å². The fraction of sp³-hybridized carbons (Fsp3) is 0.348. The first kappa shape index (κ1) is 19.9. The van der Waals surface area contributed by atoms with Crippen LogP contribution in [0.15, 0.2) is 53.6 Å². The van der Waals surface area contributed by atoms with Gasteiger partial charge in [0.15, 0.2) is 0 Å². The first-order chi connectivity index (χ1) is 14.7. The molecule has 0 atom stereocenters.